The second-order valence-electron chi connectivity index (χ2n) is 4.40. The Labute approximate surface area is 105 Å². The van der Waals surface area contributed by atoms with Crippen molar-refractivity contribution in [3.8, 4) is 0 Å². The Morgan fingerprint density at radius 2 is 2.12 bits per heavy atom. The fourth-order valence-corrected chi connectivity index (χ4v) is 2.07. The zero-order valence-electron chi connectivity index (χ0n) is 9.70. The van der Waals surface area contributed by atoms with Crippen molar-refractivity contribution in [3.63, 3.8) is 0 Å². The third kappa shape index (κ3) is 4.41. The van der Waals surface area contributed by atoms with Crippen molar-refractivity contribution < 1.29 is 5.11 Å². The number of halogens is 1. The van der Waals surface area contributed by atoms with Gasteiger partial charge in [0.25, 0.3) is 0 Å². The molecule has 0 fully saturated rings. The van der Waals surface area contributed by atoms with Crippen molar-refractivity contribution in [2.45, 2.75) is 26.4 Å². The fraction of sp³-hybridized carbons (Fsp3) is 0.500. The van der Waals surface area contributed by atoms with E-state index in [1.165, 1.54) is 0 Å². The van der Waals surface area contributed by atoms with Crippen LogP contribution < -0.4 is 11.1 Å². The Kier molecular flexibility index (Phi) is 5.09. The molecule has 16 heavy (non-hydrogen) atoms. The van der Waals surface area contributed by atoms with E-state index in [1.54, 1.807) is 0 Å². The molecule has 4 heteroatoms. The van der Waals surface area contributed by atoms with Crippen molar-refractivity contribution in [1.82, 2.24) is 0 Å². The number of aliphatic hydroxyl groups is 1. The van der Waals surface area contributed by atoms with Gasteiger partial charge in [-0.3, -0.25) is 0 Å². The van der Waals surface area contributed by atoms with E-state index in [-0.39, 0.29) is 6.10 Å². The Hall–Kier alpha value is -0.740. The van der Waals surface area contributed by atoms with E-state index >= 15 is 0 Å². The fourth-order valence-electron chi connectivity index (χ4n) is 1.53. The van der Waals surface area contributed by atoms with Gasteiger partial charge in [-0.1, -0.05) is 13.8 Å². The Bertz CT molecular complexity index is 342. The Morgan fingerprint density at radius 3 is 2.69 bits per heavy atom. The lowest BCUT2D eigenvalue weighted by molar-refractivity contribution is 0.161. The summed E-state index contributed by atoms with van der Waals surface area (Å²) in [7, 11) is 0. The van der Waals surface area contributed by atoms with Crippen LogP contribution in [0.25, 0.3) is 0 Å². The van der Waals surface area contributed by atoms with Crippen molar-refractivity contribution in [1.29, 1.82) is 0 Å². The second-order valence-corrected chi connectivity index (χ2v) is 5.26. The van der Waals surface area contributed by atoms with Crippen LogP contribution in [0.4, 0.5) is 11.4 Å². The molecular weight excluding hydrogens is 268 g/mol. The smallest absolute Gasteiger partial charge is 0.0715 e. The van der Waals surface area contributed by atoms with Gasteiger partial charge in [-0.05, 0) is 46.5 Å². The molecule has 1 unspecified atom stereocenters. The number of hydrogen-bond acceptors (Lipinski definition) is 3. The molecule has 0 radical (unpaired) electrons. The number of anilines is 2. The summed E-state index contributed by atoms with van der Waals surface area (Å²) in [5, 5.41) is 12.9. The van der Waals surface area contributed by atoms with E-state index in [0.29, 0.717) is 12.5 Å². The standard InChI is InChI=1S/C12H19BrN2O/c1-8(2)5-10(16)7-15-12-4-3-9(14)6-11(12)13/h3-4,6,8,10,15-16H,5,7,14H2,1-2H3. The normalized spacial score (nSPS) is 12.8. The number of nitrogens with two attached hydrogens (primary N) is 1. The SMILES string of the molecule is CC(C)CC(O)CNc1ccc(N)cc1Br. The summed E-state index contributed by atoms with van der Waals surface area (Å²) < 4.78 is 0.921. The van der Waals surface area contributed by atoms with Gasteiger partial charge in [-0.2, -0.15) is 0 Å². The molecule has 0 saturated heterocycles. The van der Waals surface area contributed by atoms with Crippen LogP contribution in [0.1, 0.15) is 20.3 Å². The van der Waals surface area contributed by atoms with E-state index in [0.717, 1.165) is 22.3 Å². The molecule has 0 aliphatic carbocycles. The lowest BCUT2D eigenvalue weighted by atomic mass is 10.1. The maximum atomic E-state index is 9.72. The molecule has 3 nitrogen and oxygen atoms in total. The molecule has 0 aliphatic heterocycles. The predicted octanol–water partition coefficient (Wildman–Crippen LogP) is 2.85. The number of rotatable bonds is 5. The van der Waals surface area contributed by atoms with Crippen LogP contribution in [-0.2, 0) is 0 Å². The summed E-state index contributed by atoms with van der Waals surface area (Å²) >= 11 is 3.42. The van der Waals surface area contributed by atoms with Crippen LogP contribution >= 0.6 is 15.9 Å². The summed E-state index contributed by atoms with van der Waals surface area (Å²) in [6.07, 6.45) is 0.490. The first-order valence-electron chi connectivity index (χ1n) is 5.46. The van der Waals surface area contributed by atoms with Crippen LogP contribution in [-0.4, -0.2) is 17.8 Å². The van der Waals surface area contributed by atoms with E-state index in [4.69, 9.17) is 5.73 Å². The maximum absolute atomic E-state index is 9.72. The third-order valence-electron chi connectivity index (χ3n) is 2.26. The summed E-state index contributed by atoms with van der Waals surface area (Å²) in [6, 6.07) is 5.58. The van der Waals surface area contributed by atoms with Crippen molar-refractivity contribution in [2.75, 3.05) is 17.6 Å². The summed E-state index contributed by atoms with van der Waals surface area (Å²) in [5.41, 5.74) is 7.32. The molecule has 90 valence electrons. The third-order valence-corrected chi connectivity index (χ3v) is 2.92. The zero-order valence-corrected chi connectivity index (χ0v) is 11.3. The minimum atomic E-state index is -0.315. The van der Waals surface area contributed by atoms with Gasteiger partial charge in [0.1, 0.15) is 0 Å². The molecule has 0 aromatic heterocycles. The molecule has 0 saturated carbocycles. The van der Waals surface area contributed by atoms with Crippen molar-refractivity contribution in [2.24, 2.45) is 5.92 Å². The summed E-state index contributed by atoms with van der Waals surface area (Å²) in [6.45, 7) is 4.76. The van der Waals surface area contributed by atoms with Gasteiger partial charge >= 0.3 is 0 Å². The van der Waals surface area contributed by atoms with Gasteiger partial charge in [0.15, 0.2) is 0 Å². The van der Waals surface area contributed by atoms with E-state index in [9.17, 15) is 5.11 Å². The molecule has 0 amide bonds. The quantitative estimate of drug-likeness (QED) is 0.730. The van der Waals surface area contributed by atoms with Crippen LogP contribution in [0.3, 0.4) is 0 Å². The molecule has 1 aromatic carbocycles. The highest BCUT2D eigenvalue weighted by atomic mass is 79.9. The maximum Gasteiger partial charge on any atom is 0.0715 e. The van der Waals surface area contributed by atoms with Gasteiger partial charge < -0.3 is 16.2 Å². The van der Waals surface area contributed by atoms with Crippen molar-refractivity contribution in [3.05, 3.63) is 22.7 Å². The average molecular weight is 287 g/mol. The van der Waals surface area contributed by atoms with Gasteiger partial charge in [0.05, 0.1) is 6.10 Å². The molecule has 1 atom stereocenters. The molecule has 0 spiro atoms. The summed E-state index contributed by atoms with van der Waals surface area (Å²) in [5.74, 6) is 0.506. The minimum absolute atomic E-state index is 0.315. The number of nitrogen functional groups attached to an aromatic ring is 1. The Balaban J connectivity index is 2.48. The van der Waals surface area contributed by atoms with Gasteiger partial charge in [-0.25, -0.2) is 0 Å². The van der Waals surface area contributed by atoms with Crippen LogP contribution in [0.5, 0.6) is 0 Å². The van der Waals surface area contributed by atoms with Crippen molar-refractivity contribution >= 4 is 27.3 Å². The number of aliphatic hydroxyl groups excluding tert-OH is 1. The van der Waals surface area contributed by atoms with Gasteiger partial charge in [0.2, 0.25) is 0 Å². The average Bonchev–Trinajstić information content (AvgIpc) is 2.15. The van der Waals surface area contributed by atoms with Crippen LogP contribution in [0.15, 0.2) is 22.7 Å². The molecule has 4 N–H and O–H groups in total. The number of nitrogens with one attached hydrogen (secondary N) is 1. The molecule has 0 aliphatic rings. The molecular formula is C12H19BrN2O. The molecule has 0 heterocycles. The second kappa shape index (κ2) is 6.11. The highest BCUT2D eigenvalue weighted by molar-refractivity contribution is 9.10. The first-order valence-corrected chi connectivity index (χ1v) is 6.25. The lowest BCUT2D eigenvalue weighted by Gasteiger charge is -2.15. The number of hydrogen-bond donors (Lipinski definition) is 3. The van der Waals surface area contributed by atoms with Gasteiger partial charge in [-0.15, -0.1) is 0 Å². The van der Waals surface area contributed by atoms with E-state index in [1.807, 2.05) is 18.2 Å². The van der Waals surface area contributed by atoms with Crippen LogP contribution in [0.2, 0.25) is 0 Å². The monoisotopic (exact) mass is 286 g/mol. The minimum Gasteiger partial charge on any atom is -0.399 e. The molecule has 0 bridgehead atoms. The molecule has 1 rings (SSSR count). The first kappa shape index (κ1) is 13.3. The molecule has 1 aromatic rings. The Morgan fingerprint density at radius 1 is 1.44 bits per heavy atom. The van der Waals surface area contributed by atoms with Crippen LogP contribution in [0, 0.1) is 5.92 Å². The van der Waals surface area contributed by atoms with Gasteiger partial charge in [0, 0.05) is 22.4 Å². The summed E-state index contributed by atoms with van der Waals surface area (Å²) in [4.78, 5) is 0. The largest absolute Gasteiger partial charge is 0.399 e. The first-order chi connectivity index (χ1) is 7.49. The van der Waals surface area contributed by atoms with E-state index < -0.39 is 0 Å². The zero-order chi connectivity index (χ0) is 12.1. The number of benzene rings is 1. The highest BCUT2D eigenvalue weighted by Gasteiger charge is 2.07. The predicted molar refractivity (Wildman–Crippen MR) is 72.5 cm³/mol. The highest BCUT2D eigenvalue weighted by Crippen LogP contribution is 2.24. The topological polar surface area (TPSA) is 58.3 Å². The van der Waals surface area contributed by atoms with E-state index in [2.05, 4.69) is 35.1 Å². The lowest BCUT2D eigenvalue weighted by Crippen LogP contribution is -2.21.